The number of carbonyl (C=O) groups excluding carboxylic acids is 2. The Kier molecular flexibility index (Phi) is 3.68. The van der Waals surface area contributed by atoms with Gasteiger partial charge in [-0.1, -0.05) is 6.07 Å². The highest BCUT2D eigenvalue weighted by Gasteiger charge is 2.02. The molecule has 1 aromatic rings. The zero-order valence-electron chi connectivity index (χ0n) is 7.90. The summed E-state index contributed by atoms with van der Waals surface area (Å²) in [6.07, 6.45) is -0.456. The van der Waals surface area contributed by atoms with E-state index in [2.05, 4.69) is 5.32 Å². The van der Waals surface area contributed by atoms with E-state index >= 15 is 0 Å². The number of aromatic hydroxyl groups is 1. The van der Waals surface area contributed by atoms with Crippen LogP contribution >= 0.6 is 0 Å². The number of aliphatic carboxylic acids is 1. The number of rotatable bonds is 4. The number of phenolic OH excluding ortho intramolecular Hbond substituents is 1. The van der Waals surface area contributed by atoms with Crippen LogP contribution in [-0.2, 0) is 9.59 Å². The van der Waals surface area contributed by atoms with Gasteiger partial charge in [-0.05, 0) is 18.6 Å². The molecule has 0 aliphatic heterocycles. The number of nitrogens with one attached hydrogen (secondary N) is 1. The molecule has 1 rings (SSSR count). The molecule has 5 nitrogen and oxygen atoms in total. The highest BCUT2D eigenvalue weighted by Crippen LogP contribution is 2.15. The lowest BCUT2D eigenvalue weighted by Crippen LogP contribution is -2.24. The lowest BCUT2D eigenvalue weighted by molar-refractivity contribution is -0.305. The number of amides is 1. The van der Waals surface area contributed by atoms with Crippen LogP contribution in [0.15, 0.2) is 24.3 Å². The Morgan fingerprint density at radius 3 is 2.67 bits per heavy atom. The molecule has 1 aromatic carbocycles. The molecule has 0 aromatic heterocycles. The Balaban J connectivity index is 2.48. The van der Waals surface area contributed by atoms with Crippen molar-refractivity contribution < 1.29 is 19.8 Å². The topological polar surface area (TPSA) is 89.5 Å². The summed E-state index contributed by atoms with van der Waals surface area (Å²) in [5.74, 6) is -1.65. The van der Waals surface area contributed by atoms with E-state index in [1.165, 1.54) is 12.1 Å². The molecule has 15 heavy (non-hydrogen) atoms. The third-order valence-electron chi connectivity index (χ3n) is 1.69. The smallest absolute Gasteiger partial charge is 0.224 e. The van der Waals surface area contributed by atoms with Gasteiger partial charge in [-0.15, -0.1) is 0 Å². The minimum absolute atomic E-state index is 0.0349. The number of carboxylic acid groups (broad SMARTS) is 1. The van der Waals surface area contributed by atoms with Crippen molar-refractivity contribution in [3.05, 3.63) is 24.3 Å². The van der Waals surface area contributed by atoms with Gasteiger partial charge < -0.3 is 20.3 Å². The highest BCUT2D eigenvalue weighted by atomic mass is 16.4. The van der Waals surface area contributed by atoms with Crippen molar-refractivity contribution in [1.82, 2.24) is 0 Å². The zero-order valence-corrected chi connectivity index (χ0v) is 7.90. The van der Waals surface area contributed by atoms with Crippen molar-refractivity contribution in [3.8, 4) is 5.75 Å². The van der Waals surface area contributed by atoms with E-state index in [4.69, 9.17) is 5.11 Å². The van der Waals surface area contributed by atoms with Crippen molar-refractivity contribution in [1.29, 1.82) is 0 Å². The largest absolute Gasteiger partial charge is 0.550 e. The molecule has 5 heteroatoms. The first-order chi connectivity index (χ1) is 7.08. The average molecular weight is 208 g/mol. The molecular weight excluding hydrogens is 198 g/mol. The van der Waals surface area contributed by atoms with Gasteiger partial charge in [0.2, 0.25) is 5.91 Å². The Morgan fingerprint density at radius 1 is 1.33 bits per heavy atom. The molecule has 0 atom stereocenters. The van der Waals surface area contributed by atoms with Gasteiger partial charge in [0.25, 0.3) is 0 Å². The maximum absolute atomic E-state index is 11.1. The Hall–Kier alpha value is -2.04. The Morgan fingerprint density at radius 2 is 2.07 bits per heavy atom. The monoisotopic (exact) mass is 208 g/mol. The van der Waals surface area contributed by atoms with E-state index in [1.54, 1.807) is 12.1 Å². The molecule has 1 amide bonds. The summed E-state index contributed by atoms with van der Waals surface area (Å²) in [4.78, 5) is 21.2. The summed E-state index contributed by atoms with van der Waals surface area (Å²) in [5.41, 5.74) is 0.429. The summed E-state index contributed by atoms with van der Waals surface area (Å²) in [6.45, 7) is 0. The van der Waals surface area contributed by atoms with Crippen molar-refractivity contribution in [2.24, 2.45) is 0 Å². The van der Waals surface area contributed by atoms with Gasteiger partial charge >= 0.3 is 0 Å². The molecule has 80 valence electrons. The fourth-order valence-corrected chi connectivity index (χ4v) is 1.02. The molecule has 0 aliphatic rings. The molecule has 0 radical (unpaired) electrons. The number of hydrogen-bond donors (Lipinski definition) is 2. The number of anilines is 1. The van der Waals surface area contributed by atoms with Gasteiger partial charge in [0.15, 0.2) is 0 Å². The molecule has 2 N–H and O–H groups in total. The van der Waals surface area contributed by atoms with Gasteiger partial charge in [0.1, 0.15) is 5.75 Å². The molecule has 0 unspecified atom stereocenters. The van der Waals surface area contributed by atoms with Crippen LogP contribution < -0.4 is 10.4 Å². The molecule has 0 heterocycles. The van der Waals surface area contributed by atoms with Crippen LogP contribution in [-0.4, -0.2) is 17.0 Å². The van der Waals surface area contributed by atoms with Crippen molar-refractivity contribution in [2.75, 3.05) is 5.32 Å². The van der Waals surface area contributed by atoms with E-state index in [-0.39, 0.29) is 18.6 Å². The highest BCUT2D eigenvalue weighted by molar-refractivity contribution is 5.92. The van der Waals surface area contributed by atoms with Crippen LogP contribution in [0.5, 0.6) is 5.75 Å². The number of carbonyl (C=O) groups is 2. The minimum Gasteiger partial charge on any atom is -0.550 e. The lowest BCUT2D eigenvalue weighted by atomic mass is 10.2. The number of carboxylic acids is 1. The van der Waals surface area contributed by atoms with E-state index in [1.807, 2.05) is 0 Å². The standard InChI is InChI=1S/C10H11NO4/c12-8-3-1-2-7(6-8)11-9(13)4-5-10(14)15/h1-3,6,12H,4-5H2,(H,11,13)(H,14,15)/p-1. The quantitative estimate of drug-likeness (QED) is 0.720. The molecule has 0 fully saturated rings. The predicted octanol–water partition coefficient (Wildman–Crippen LogP) is -0.139. The van der Waals surface area contributed by atoms with Crippen LogP contribution in [0.3, 0.4) is 0 Å². The summed E-state index contributed by atoms with van der Waals surface area (Å²) >= 11 is 0. The third-order valence-corrected chi connectivity index (χ3v) is 1.69. The molecule has 0 bridgehead atoms. The first-order valence-electron chi connectivity index (χ1n) is 4.36. The first kappa shape index (κ1) is 11.0. The van der Waals surface area contributed by atoms with E-state index in [0.717, 1.165) is 0 Å². The lowest BCUT2D eigenvalue weighted by Gasteiger charge is -2.05. The van der Waals surface area contributed by atoms with Gasteiger partial charge in [0, 0.05) is 24.1 Å². The summed E-state index contributed by atoms with van der Waals surface area (Å²) < 4.78 is 0. The number of phenols is 1. The van der Waals surface area contributed by atoms with Crippen LogP contribution in [0.25, 0.3) is 0 Å². The Labute approximate surface area is 86.4 Å². The first-order valence-corrected chi connectivity index (χ1v) is 4.36. The van der Waals surface area contributed by atoms with E-state index in [0.29, 0.717) is 5.69 Å². The normalized spacial score (nSPS) is 9.60. The maximum atomic E-state index is 11.1. The molecular formula is C10H10NO4-. The van der Waals surface area contributed by atoms with Gasteiger partial charge in [-0.25, -0.2) is 0 Å². The van der Waals surface area contributed by atoms with Gasteiger partial charge in [0.05, 0.1) is 0 Å². The molecule has 0 spiro atoms. The zero-order chi connectivity index (χ0) is 11.3. The number of hydrogen-bond acceptors (Lipinski definition) is 4. The number of benzene rings is 1. The minimum atomic E-state index is -1.26. The second kappa shape index (κ2) is 4.99. The second-order valence-electron chi connectivity index (χ2n) is 2.97. The average Bonchev–Trinajstić information content (AvgIpc) is 2.15. The fraction of sp³-hybridized carbons (Fsp3) is 0.200. The van der Waals surface area contributed by atoms with Crippen LogP contribution in [0.2, 0.25) is 0 Å². The Bertz CT molecular complexity index is 375. The molecule has 0 saturated heterocycles. The van der Waals surface area contributed by atoms with Crippen molar-refractivity contribution >= 4 is 17.6 Å². The summed E-state index contributed by atoms with van der Waals surface area (Å²) in [5, 5.41) is 21.6. The van der Waals surface area contributed by atoms with Crippen molar-refractivity contribution in [3.63, 3.8) is 0 Å². The summed E-state index contributed by atoms with van der Waals surface area (Å²) in [7, 11) is 0. The SMILES string of the molecule is O=C([O-])CCC(=O)Nc1cccc(O)c1. The summed E-state index contributed by atoms with van der Waals surface area (Å²) in [6, 6.07) is 6.01. The van der Waals surface area contributed by atoms with Gasteiger partial charge in [-0.2, -0.15) is 0 Å². The second-order valence-corrected chi connectivity index (χ2v) is 2.97. The van der Waals surface area contributed by atoms with Crippen LogP contribution in [0.1, 0.15) is 12.8 Å². The van der Waals surface area contributed by atoms with E-state index in [9.17, 15) is 14.7 Å². The molecule has 0 aliphatic carbocycles. The van der Waals surface area contributed by atoms with Crippen LogP contribution in [0.4, 0.5) is 5.69 Å². The maximum Gasteiger partial charge on any atom is 0.224 e. The van der Waals surface area contributed by atoms with Crippen molar-refractivity contribution in [2.45, 2.75) is 12.8 Å². The van der Waals surface area contributed by atoms with Crippen LogP contribution in [0, 0.1) is 0 Å². The fourth-order valence-electron chi connectivity index (χ4n) is 1.02. The third kappa shape index (κ3) is 4.12. The molecule has 0 saturated carbocycles. The van der Waals surface area contributed by atoms with E-state index < -0.39 is 11.9 Å². The predicted molar refractivity (Wildman–Crippen MR) is 51.0 cm³/mol. The van der Waals surface area contributed by atoms with Gasteiger partial charge in [-0.3, -0.25) is 4.79 Å².